The van der Waals surface area contributed by atoms with Gasteiger partial charge < -0.3 is 10.1 Å². The summed E-state index contributed by atoms with van der Waals surface area (Å²) >= 11 is 0. The van der Waals surface area contributed by atoms with Gasteiger partial charge in [-0.2, -0.15) is 5.10 Å². The first kappa shape index (κ1) is 14.5. The van der Waals surface area contributed by atoms with Gasteiger partial charge in [-0.1, -0.05) is 24.6 Å². The number of ether oxygens (including phenoxy) is 1. The predicted molar refractivity (Wildman–Crippen MR) is 78.6 cm³/mol. The van der Waals surface area contributed by atoms with Gasteiger partial charge in [0.05, 0.1) is 0 Å². The summed E-state index contributed by atoms with van der Waals surface area (Å²) in [6.45, 7) is 6.31. The van der Waals surface area contributed by atoms with E-state index in [-0.39, 0.29) is 0 Å². The zero-order valence-corrected chi connectivity index (χ0v) is 12.4. The first-order chi connectivity index (χ1) is 9.74. The van der Waals surface area contributed by atoms with Crippen LogP contribution in [0.15, 0.2) is 24.5 Å². The molecule has 0 radical (unpaired) electrons. The monoisotopic (exact) mass is 274 g/mol. The fraction of sp³-hybridized carbons (Fsp3) is 0.467. The van der Waals surface area contributed by atoms with Crippen molar-refractivity contribution in [3.63, 3.8) is 0 Å². The maximum absolute atomic E-state index is 5.91. The van der Waals surface area contributed by atoms with Crippen LogP contribution in [0, 0.1) is 6.92 Å². The van der Waals surface area contributed by atoms with E-state index in [0.29, 0.717) is 6.61 Å². The molecule has 0 saturated carbocycles. The van der Waals surface area contributed by atoms with E-state index in [1.54, 1.807) is 6.33 Å². The predicted octanol–water partition coefficient (Wildman–Crippen LogP) is 2.29. The Balaban J connectivity index is 2.08. The van der Waals surface area contributed by atoms with Crippen molar-refractivity contribution in [3.05, 3.63) is 41.5 Å². The number of rotatable bonds is 7. The average molecular weight is 274 g/mol. The second kappa shape index (κ2) is 7.05. The van der Waals surface area contributed by atoms with Crippen LogP contribution in [0.1, 0.15) is 30.3 Å². The quantitative estimate of drug-likeness (QED) is 0.841. The Kier molecular flexibility index (Phi) is 5.12. The highest BCUT2D eigenvalue weighted by Gasteiger charge is 2.07. The Morgan fingerprint density at radius 3 is 2.95 bits per heavy atom. The molecule has 1 heterocycles. The van der Waals surface area contributed by atoms with Crippen LogP contribution in [-0.2, 0) is 19.7 Å². The molecule has 2 rings (SSSR count). The highest BCUT2D eigenvalue weighted by Crippen LogP contribution is 2.20. The molecule has 0 aliphatic rings. The van der Waals surface area contributed by atoms with E-state index in [2.05, 4.69) is 41.4 Å². The molecule has 0 saturated heterocycles. The normalized spacial score (nSPS) is 10.8. The third-order valence-electron chi connectivity index (χ3n) is 3.07. The first-order valence-corrected chi connectivity index (χ1v) is 6.98. The fourth-order valence-corrected chi connectivity index (χ4v) is 2.12. The molecule has 1 aromatic heterocycles. The van der Waals surface area contributed by atoms with Crippen molar-refractivity contribution in [2.45, 2.75) is 40.0 Å². The lowest BCUT2D eigenvalue weighted by Crippen LogP contribution is -2.11. The molecule has 5 nitrogen and oxygen atoms in total. The molecule has 2 aromatic rings. The Hall–Kier alpha value is -1.88. The van der Waals surface area contributed by atoms with Crippen LogP contribution in [0.25, 0.3) is 0 Å². The molecule has 108 valence electrons. The molecule has 0 spiro atoms. The molecule has 0 bridgehead atoms. The molecule has 1 aromatic carbocycles. The van der Waals surface area contributed by atoms with Crippen molar-refractivity contribution in [3.8, 4) is 5.75 Å². The van der Waals surface area contributed by atoms with E-state index in [4.69, 9.17) is 4.74 Å². The summed E-state index contributed by atoms with van der Waals surface area (Å²) in [6.07, 6.45) is 2.61. The molecule has 0 unspecified atom stereocenters. The van der Waals surface area contributed by atoms with Crippen molar-refractivity contribution in [1.29, 1.82) is 0 Å². The van der Waals surface area contributed by atoms with Crippen molar-refractivity contribution in [2.24, 2.45) is 0 Å². The number of aryl methyl sites for hydroxylation is 2. The molecule has 0 aliphatic carbocycles. The lowest BCUT2D eigenvalue weighted by molar-refractivity contribution is 0.283. The summed E-state index contributed by atoms with van der Waals surface area (Å²) < 4.78 is 7.81. The van der Waals surface area contributed by atoms with Crippen molar-refractivity contribution in [2.75, 3.05) is 7.05 Å². The minimum atomic E-state index is 0.444. The van der Waals surface area contributed by atoms with Crippen molar-refractivity contribution >= 4 is 0 Å². The fourth-order valence-electron chi connectivity index (χ4n) is 2.12. The van der Waals surface area contributed by atoms with E-state index in [9.17, 15) is 0 Å². The second-order valence-electron chi connectivity index (χ2n) is 4.83. The Labute approximate surface area is 120 Å². The summed E-state index contributed by atoms with van der Waals surface area (Å²) in [5.41, 5.74) is 2.39. The number of hydrogen-bond donors (Lipinski definition) is 1. The number of nitrogens with zero attached hydrogens (tertiary/aromatic N) is 3. The third kappa shape index (κ3) is 3.57. The number of benzene rings is 1. The van der Waals surface area contributed by atoms with Gasteiger partial charge in [-0.25, -0.2) is 9.67 Å². The van der Waals surface area contributed by atoms with E-state index in [0.717, 1.165) is 36.6 Å². The number of nitrogens with one attached hydrogen (secondary N) is 1. The van der Waals surface area contributed by atoms with Gasteiger partial charge in [-0.15, -0.1) is 0 Å². The van der Waals surface area contributed by atoms with Gasteiger partial charge in [0.1, 0.15) is 18.7 Å². The summed E-state index contributed by atoms with van der Waals surface area (Å²) in [7, 11) is 1.93. The van der Waals surface area contributed by atoms with Gasteiger partial charge in [0, 0.05) is 18.7 Å². The maximum Gasteiger partial charge on any atom is 0.164 e. The average Bonchev–Trinajstić information content (AvgIpc) is 2.86. The van der Waals surface area contributed by atoms with Gasteiger partial charge in [-0.3, -0.25) is 0 Å². The topological polar surface area (TPSA) is 52.0 Å². The van der Waals surface area contributed by atoms with Gasteiger partial charge >= 0.3 is 0 Å². The highest BCUT2D eigenvalue weighted by molar-refractivity contribution is 5.36. The standard InChI is InChI=1S/C15H22N4O/c1-4-7-19-15(17-11-18-19)10-20-14-6-5-12(2)8-13(14)9-16-3/h5-6,8,11,16H,4,7,9-10H2,1-3H3. The van der Waals surface area contributed by atoms with E-state index >= 15 is 0 Å². The maximum atomic E-state index is 5.91. The van der Waals surface area contributed by atoms with Crippen LogP contribution in [0.4, 0.5) is 0 Å². The van der Waals surface area contributed by atoms with Crippen molar-refractivity contribution in [1.82, 2.24) is 20.1 Å². The van der Waals surface area contributed by atoms with Crippen molar-refractivity contribution < 1.29 is 4.74 Å². The van der Waals surface area contributed by atoms with Gasteiger partial charge in [0.15, 0.2) is 5.82 Å². The van der Waals surface area contributed by atoms with E-state index < -0.39 is 0 Å². The molecule has 0 atom stereocenters. The summed E-state index contributed by atoms with van der Waals surface area (Å²) in [6, 6.07) is 6.22. The van der Waals surface area contributed by atoms with E-state index in [1.165, 1.54) is 5.56 Å². The number of aromatic nitrogens is 3. The highest BCUT2D eigenvalue weighted by atomic mass is 16.5. The van der Waals surface area contributed by atoms with Crippen LogP contribution in [-0.4, -0.2) is 21.8 Å². The van der Waals surface area contributed by atoms with Gasteiger partial charge in [-0.05, 0) is 26.5 Å². The lowest BCUT2D eigenvalue weighted by atomic mass is 10.1. The number of hydrogen-bond acceptors (Lipinski definition) is 4. The second-order valence-corrected chi connectivity index (χ2v) is 4.83. The lowest BCUT2D eigenvalue weighted by Gasteiger charge is -2.12. The minimum Gasteiger partial charge on any atom is -0.485 e. The molecular formula is C15H22N4O. The summed E-state index contributed by atoms with van der Waals surface area (Å²) in [4.78, 5) is 4.25. The SMILES string of the molecule is CCCn1ncnc1COc1ccc(C)cc1CNC. The first-order valence-electron chi connectivity index (χ1n) is 6.98. The molecule has 0 fully saturated rings. The zero-order valence-electron chi connectivity index (χ0n) is 12.4. The minimum absolute atomic E-state index is 0.444. The van der Waals surface area contributed by atoms with E-state index in [1.807, 2.05) is 17.8 Å². The Bertz CT molecular complexity index is 551. The van der Waals surface area contributed by atoms with Gasteiger partial charge in [0.2, 0.25) is 0 Å². The zero-order chi connectivity index (χ0) is 14.4. The molecule has 1 N–H and O–H groups in total. The van der Waals surface area contributed by atoms with Crippen LogP contribution < -0.4 is 10.1 Å². The molecular weight excluding hydrogens is 252 g/mol. The molecule has 0 aliphatic heterocycles. The summed E-state index contributed by atoms with van der Waals surface area (Å²) in [5, 5.41) is 7.37. The third-order valence-corrected chi connectivity index (χ3v) is 3.07. The smallest absolute Gasteiger partial charge is 0.164 e. The summed E-state index contributed by atoms with van der Waals surface area (Å²) in [5.74, 6) is 1.76. The molecule has 0 amide bonds. The van der Waals surface area contributed by atoms with Crippen LogP contribution in [0.2, 0.25) is 0 Å². The van der Waals surface area contributed by atoms with Crippen LogP contribution in [0.5, 0.6) is 5.75 Å². The Morgan fingerprint density at radius 1 is 1.35 bits per heavy atom. The van der Waals surface area contributed by atoms with Gasteiger partial charge in [0.25, 0.3) is 0 Å². The largest absolute Gasteiger partial charge is 0.485 e. The molecule has 5 heteroatoms. The van der Waals surface area contributed by atoms with Crippen LogP contribution >= 0.6 is 0 Å². The molecule has 20 heavy (non-hydrogen) atoms. The Morgan fingerprint density at radius 2 is 2.20 bits per heavy atom. The van der Waals surface area contributed by atoms with Crippen LogP contribution in [0.3, 0.4) is 0 Å².